The van der Waals surface area contributed by atoms with Gasteiger partial charge in [0.1, 0.15) is 6.04 Å². The van der Waals surface area contributed by atoms with Crippen LogP contribution >= 0.6 is 0 Å². The second-order valence-electron chi connectivity index (χ2n) is 4.29. The van der Waals surface area contributed by atoms with E-state index in [1.165, 1.54) is 31.1 Å². The van der Waals surface area contributed by atoms with E-state index >= 15 is 0 Å². The van der Waals surface area contributed by atoms with Gasteiger partial charge in [0.25, 0.3) is 0 Å². The fourth-order valence-corrected chi connectivity index (χ4v) is 2.24. The molecule has 0 unspecified atom stereocenters. The van der Waals surface area contributed by atoms with Crippen LogP contribution in [0.4, 0.5) is 0 Å². The maximum atomic E-state index is 11.2. The smallest absolute Gasteiger partial charge is 0.322 e. The molecule has 3 nitrogen and oxygen atoms in total. The molecule has 1 atom stereocenters. The fraction of sp³-hybridized carbons (Fsp3) is 0.462. The second kappa shape index (κ2) is 4.66. The van der Waals surface area contributed by atoms with E-state index in [2.05, 4.69) is 22.9 Å². The average molecular weight is 219 g/mol. The number of aryl methyl sites for hydroxylation is 2. The summed E-state index contributed by atoms with van der Waals surface area (Å²) < 4.78 is 4.61. The molecule has 1 aliphatic carbocycles. The third-order valence-electron chi connectivity index (χ3n) is 3.12. The zero-order valence-corrected chi connectivity index (χ0v) is 9.53. The Morgan fingerprint density at radius 2 is 2.19 bits per heavy atom. The predicted octanol–water partition coefficient (Wildman–Crippen LogP) is 1.22. The van der Waals surface area contributed by atoms with E-state index in [9.17, 15) is 4.79 Å². The number of methoxy groups -OCH3 is 1. The number of hydrogen-bond donors (Lipinski definition) is 1. The molecule has 0 heterocycles. The Morgan fingerprint density at radius 1 is 1.44 bits per heavy atom. The van der Waals surface area contributed by atoms with E-state index in [0.717, 1.165) is 12.0 Å². The maximum Gasteiger partial charge on any atom is 0.322 e. The zero-order valence-electron chi connectivity index (χ0n) is 9.53. The molecule has 0 aromatic heterocycles. The number of fused-ring (bicyclic) bond motifs is 1. The molecular formula is C13H17NO2. The van der Waals surface area contributed by atoms with Gasteiger partial charge in [0.2, 0.25) is 0 Å². The Bertz CT molecular complexity index is 401. The van der Waals surface area contributed by atoms with Gasteiger partial charge in [0, 0.05) is 0 Å². The highest BCUT2D eigenvalue weighted by atomic mass is 16.5. The number of nitrogens with two attached hydrogens (primary N) is 1. The molecule has 0 saturated carbocycles. The van der Waals surface area contributed by atoms with Gasteiger partial charge >= 0.3 is 5.97 Å². The van der Waals surface area contributed by atoms with Crippen LogP contribution in [0.5, 0.6) is 0 Å². The van der Waals surface area contributed by atoms with Gasteiger partial charge in [-0.2, -0.15) is 0 Å². The maximum absolute atomic E-state index is 11.2. The molecule has 86 valence electrons. The monoisotopic (exact) mass is 219 g/mol. The van der Waals surface area contributed by atoms with Gasteiger partial charge in [-0.1, -0.05) is 18.2 Å². The molecule has 1 aromatic rings. The van der Waals surface area contributed by atoms with Crippen LogP contribution in [-0.2, 0) is 28.8 Å². The summed E-state index contributed by atoms with van der Waals surface area (Å²) in [6.07, 6.45) is 4.12. The molecule has 2 N–H and O–H groups in total. The first-order valence-corrected chi connectivity index (χ1v) is 5.65. The Balaban J connectivity index is 2.08. The first kappa shape index (κ1) is 11.1. The van der Waals surface area contributed by atoms with Crippen LogP contribution in [0.1, 0.15) is 23.1 Å². The molecular weight excluding hydrogens is 202 g/mol. The van der Waals surface area contributed by atoms with Crippen molar-refractivity contribution in [3.63, 3.8) is 0 Å². The highest BCUT2D eigenvalue weighted by molar-refractivity contribution is 5.75. The Morgan fingerprint density at radius 3 is 2.94 bits per heavy atom. The minimum atomic E-state index is -0.551. The van der Waals surface area contributed by atoms with E-state index in [0.29, 0.717) is 6.42 Å². The van der Waals surface area contributed by atoms with Gasteiger partial charge in [0.05, 0.1) is 7.11 Å². The van der Waals surface area contributed by atoms with Crippen LogP contribution in [0.15, 0.2) is 18.2 Å². The van der Waals surface area contributed by atoms with Crippen LogP contribution in [0, 0.1) is 0 Å². The summed E-state index contributed by atoms with van der Waals surface area (Å²) in [5, 5.41) is 0. The van der Waals surface area contributed by atoms with Crippen LogP contribution in [-0.4, -0.2) is 19.1 Å². The van der Waals surface area contributed by atoms with Crippen molar-refractivity contribution >= 4 is 5.97 Å². The first-order valence-electron chi connectivity index (χ1n) is 5.65. The quantitative estimate of drug-likeness (QED) is 0.778. The Hall–Kier alpha value is -1.35. The highest BCUT2D eigenvalue weighted by Crippen LogP contribution is 2.23. The predicted molar refractivity (Wildman–Crippen MR) is 62.2 cm³/mol. The minimum absolute atomic E-state index is 0.347. The molecule has 3 heteroatoms. The fourth-order valence-electron chi connectivity index (χ4n) is 2.24. The Labute approximate surface area is 95.6 Å². The number of esters is 1. The summed E-state index contributed by atoms with van der Waals surface area (Å²) in [5.41, 5.74) is 9.71. The van der Waals surface area contributed by atoms with Crippen molar-refractivity contribution in [1.29, 1.82) is 0 Å². The summed E-state index contributed by atoms with van der Waals surface area (Å²) in [6.45, 7) is 0. The van der Waals surface area contributed by atoms with Crippen LogP contribution in [0.2, 0.25) is 0 Å². The molecule has 0 aliphatic heterocycles. The summed E-state index contributed by atoms with van der Waals surface area (Å²) in [5.74, 6) is -0.347. The molecule has 1 aromatic carbocycles. The minimum Gasteiger partial charge on any atom is -0.468 e. The SMILES string of the molecule is COC(=O)[C@@H](N)Cc1ccc2c(c1)CCC2. The Kier molecular flexibility index (Phi) is 3.25. The number of carbonyl (C=O) groups excluding carboxylic acids is 1. The molecule has 1 aliphatic rings. The molecule has 0 radical (unpaired) electrons. The van der Waals surface area contributed by atoms with Crippen molar-refractivity contribution in [2.24, 2.45) is 5.73 Å². The molecule has 0 spiro atoms. The summed E-state index contributed by atoms with van der Waals surface area (Å²) in [6, 6.07) is 5.84. The van der Waals surface area contributed by atoms with E-state index in [1.54, 1.807) is 0 Å². The van der Waals surface area contributed by atoms with Crippen molar-refractivity contribution in [2.45, 2.75) is 31.7 Å². The summed E-state index contributed by atoms with van der Waals surface area (Å²) in [7, 11) is 1.37. The van der Waals surface area contributed by atoms with Crippen LogP contribution in [0.3, 0.4) is 0 Å². The van der Waals surface area contributed by atoms with Gasteiger partial charge in [-0.05, 0) is 42.4 Å². The third kappa shape index (κ3) is 2.25. The van der Waals surface area contributed by atoms with E-state index < -0.39 is 6.04 Å². The topological polar surface area (TPSA) is 52.3 Å². The summed E-state index contributed by atoms with van der Waals surface area (Å²) >= 11 is 0. The normalized spacial score (nSPS) is 15.6. The first-order chi connectivity index (χ1) is 7.70. The average Bonchev–Trinajstić information content (AvgIpc) is 2.75. The standard InChI is InChI=1S/C13H17NO2/c1-16-13(15)12(14)8-9-5-6-10-3-2-4-11(10)7-9/h5-7,12H,2-4,8,14H2,1H3/t12-/m0/s1. The van der Waals surface area contributed by atoms with Gasteiger partial charge in [0.15, 0.2) is 0 Å². The van der Waals surface area contributed by atoms with Crippen LogP contribution < -0.4 is 5.73 Å². The number of rotatable bonds is 3. The largest absolute Gasteiger partial charge is 0.468 e. The molecule has 0 amide bonds. The number of hydrogen-bond acceptors (Lipinski definition) is 3. The van der Waals surface area contributed by atoms with Crippen molar-refractivity contribution < 1.29 is 9.53 Å². The van der Waals surface area contributed by atoms with E-state index in [4.69, 9.17) is 5.73 Å². The lowest BCUT2D eigenvalue weighted by Crippen LogP contribution is -2.33. The lowest BCUT2D eigenvalue weighted by molar-refractivity contribution is -0.142. The molecule has 0 saturated heterocycles. The van der Waals surface area contributed by atoms with Crippen LogP contribution in [0.25, 0.3) is 0 Å². The lowest BCUT2D eigenvalue weighted by Gasteiger charge is -2.10. The lowest BCUT2D eigenvalue weighted by atomic mass is 10.0. The van der Waals surface area contributed by atoms with Gasteiger partial charge in [-0.3, -0.25) is 4.79 Å². The third-order valence-corrected chi connectivity index (χ3v) is 3.12. The number of benzene rings is 1. The van der Waals surface area contributed by atoms with E-state index in [1.807, 2.05) is 0 Å². The number of ether oxygens (including phenoxy) is 1. The molecule has 2 rings (SSSR count). The van der Waals surface area contributed by atoms with Crippen molar-refractivity contribution in [2.75, 3.05) is 7.11 Å². The summed E-state index contributed by atoms with van der Waals surface area (Å²) in [4.78, 5) is 11.2. The van der Waals surface area contributed by atoms with Gasteiger partial charge in [-0.15, -0.1) is 0 Å². The second-order valence-corrected chi connectivity index (χ2v) is 4.29. The van der Waals surface area contributed by atoms with Gasteiger partial charge in [-0.25, -0.2) is 0 Å². The molecule has 0 bridgehead atoms. The molecule has 16 heavy (non-hydrogen) atoms. The van der Waals surface area contributed by atoms with E-state index in [-0.39, 0.29) is 5.97 Å². The van der Waals surface area contributed by atoms with Crippen molar-refractivity contribution in [3.8, 4) is 0 Å². The zero-order chi connectivity index (χ0) is 11.5. The van der Waals surface area contributed by atoms with Gasteiger partial charge < -0.3 is 10.5 Å². The molecule has 0 fully saturated rings. The highest BCUT2D eigenvalue weighted by Gasteiger charge is 2.16. The van der Waals surface area contributed by atoms with Crippen molar-refractivity contribution in [1.82, 2.24) is 0 Å². The number of carbonyl (C=O) groups is 1. The van der Waals surface area contributed by atoms with Crippen molar-refractivity contribution in [3.05, 3.63) is 34.9 Å².